The molecule has 0 bridgehead atoms. The molecular formula is C19H21NO5. The van der Waals surface area contributed by atoms with Crippen molar-refractivity contribution in [3.05, 3.63) is 46.2 Å². The summed E-state index contributed by atoms with van der Waals surface area (Å²) >= 11 is 0. The topological polar surface area (TPSA) is 71.0 Å². The Labute approximate surface area is 146 Å². The normalized spacial score (nSPS) is 23.8. The lowest BCUT2D eigenvalue weighted by Gasteiger charge is -2.49. The summed E-state index contributed by atoms with van der Waals surface area (Å²) in [4.78, 5) is 0. The maximum absolute atomic E-state index is 13.2. The van der Waals surface area contributed by atoms with Crippen molar-refractivity contribution in [1.29, 1.82) is 0 Å². The van der Waals surface area contributed by atoms with Gasteiger partial charge in [-0.1, -0.05) is 12.1 Å². The molecule has 0 spiro atoms. The molecule has 6 nitrogen and oxygen atoms in total. The van der Waals surface area contributed by atoms with Crippen molar-refractivity contribution in [3.8, 4) is 28.7 Å². The Bertz CT molecular complexity index is 846. The first kappa shape index (κ1) is 16.1. The maximum atomic E-state index is 13.2. The number of phenolic OH excluding ortho intramolecular Hbond substituents is 1. The van der Waals surface area contributed by atoms with Crippen LogP contribution in [0.2, 0.25) is 0 Å². The number of hydroxylamine groups is 3. The molecule has 2 unspecified atom stereocenters. The zero-order valence-electron chi connectivity index (χ0n) is 14.5. The van der Waals surface area contributed by atoms with Gasteiger partial charge in [-0.3, -0.25) is 0 Å². The molecule has 0 saturated carbocycles. The first-order chi connectivity index (χ1) is 12.0. The molecule has 2 aliphatic heterocycles. The highest BCUT2D eigenvalue weighted by Gasteiger charge is 2.40. The molecule has 2 aromatic rings. The van der Waals surface area contributed by atoms with E-state index in [2.05, 4.69) is 0 Å². The van der Waals surface area contributed by atoms with E-state index in [1.807, 2.05) is 18.2 Å². The summed E-state index contributed by atoms with van der Waals surface area (Å²) in [7, 11) is 4.76. The molecule has 1 N–H and O–H groups in total. The van der Waals surface area contributed by atoms with E-state index in [-0.39, 0.29) is 16.4 Å². The molecule has 2 aliphatic rings. The SMILES string of the molecule is COc1ccc2c(c1O)Oc1c(OC)ccc3c1C(C2)[N+](C)([O-])CC3. The van der Waals surface area contributed by atoms with Crippen molar-refractivity contribution in [2.75, 3.05) is 27.8 Å². The number of benzene rings is 2. The number of methoxy groups -OCH3 is 2. The summed E-state index contributed by atoms with van der Waals surface area (Å²) in [6.07, 6.45) is 1.18. The van der Waals surface area contributed by atoms with Gasteiger partial charge in [-0.2, -0.15) is 0 Å². The van der Waals surface area contributed by atoms with Crippen molar-refractivity contribution in [1.82, 2.24) is 0 Å². The predicted molar refractivity (Wildman–Crippen MR) is 92.3 cm³/mol. The van der Waals surface area contributed by atoms with Gasteiger partial charge in [0, 0.05) is 18.4 Å². The Balaban J connectivity index is 1.99. The van der Waals surface area contributed by atoms with Crippen LogP contribution in [0.15, 0.2) is 24.3 Å². The molecule has 25 heavy (non-hydrogen) atoms. The maximum Gasteiger partial charge on any atom is 0.201 e. The van der Waals surface area contributed by atoms with E-state index >= 15 is 0 Å². The molecule has 2 atom stereocenters. The molecular weight excluding hydrogens is 322 g/mol. The molecule has 4 rings (SSSR count). The van der Waals surface area contributed by atoms with Crippen molar-refractivity contribution in [3.63, 3.8) is 0 Å². The number of fused-ring (bicyclic) bond motifs is 1. The summed E-state index contributed by atoms with van der Waals surface area (Å²) in [6.45, 7) is 0.515. The van der Waals surface area contributed by atoms with Gasteiger partial charge in [0.15, 0.2) is 23.0 Å². The van der Waals surface area contributed by atoms with Gasteiger partial charge in [0.1, 0.15) is 6.04 Å². The number of phenols is 1. The Hall–Kier alpha value is -2.44. The summed E-state index contributed by atoms with van der Waals surface area (Å²) in [5.74, 6) is 1.69. The quantitative estimate of drug-likeness (QED) is 0.669. The van der Waals surface area contributed by atoms with Gasteiger partial charge in [-0.05, 0) is 17.7 Å². The van der Waals surface area contributed by atoms with E-state index in [4.69, 9.17) is 14.2 Å². The molecule has 0 amide bonds. The second kappa shape index (κ2) is 5.54. The van der Waals surface area contributed by atoms with Crippen molar-refractivity contribution >= 4 is 0 Å². The van der Waals surface area contributed by atoms with Crippen LogP contribution in [0.4, 0.5) is 0 Å². The number of hydrogen-bond donors (Lipinski definition) is 1. The van der Waals surface area contributed by atoms with Crippen LogP contribution in [-0.4, -0.2) is 37.6 Å². The predicted octanol–water partition coefficient (Wildman–Crippen LogP) is 3.30. The second-order valence-corrected chi connectivity index (χ2v) is 6.74. The van der Waals surface area contributed by atoms with Gasteiger partial charge in [-0.15, -0.1) is 0 Å². The fourth-order valence-corrected chi connectivity index (χ4v) is 3.88. The van der Waals surface area contributed by atoms with Crippen LogP contribution in [0.3, 0.4) is 0 Å². The van der Waals surface area contributed by atoms with Crippen LogP contribution in [0.25, 0.3) is 0 Å². The Morgan fingerprint density at radius 2 is 1.76 bits per heavy atom. The van der Waals surface area contributed by atoms with Gasteiger partial charge >= 0.3 is 0 Å². The standard InChI is InChI=1S/C19H21NO5/c1-20(22)9-8-11-4-7-15(24-3)19-16(11)13(20)10-12-5-6-14(23-2)17(21)18(12)25-19/h4-7,13,21H,8-10H2,1-3H3. The summed E-state index contributed by atoms with van der Waals surface area (Å²) in [5, 5.41) is 23.7. The summed E-state index contributed by atoms with van der Waals surface area (Å²) in [6, 6.07) is 7.10. The van der Waals surface area contributed by atoms with E-state index in [9.17, 15) is 10.3 Å². The third kappa shape index (κ3) is 2.33. The highest BCUT2D eigenvalue weighted by molar-refractivity contribution is 5.62. The average Bonchev–Trinajstić information content (AvgIpc) is 2.78. The molecule has 0 radical (unpaired) electrons. The first-order valence-corrected chi connectivity index (χ1v) is 8.29. The summed E-state index contributed by atoms with van der Waals surface area (Å²) in [5.41, 5.74) is 2.78. The van der Waals surface area contributed by atoms with Crippen molar-refractivity contribution in [2.45, 2.75) is 18.9 Å². The Kier molecular flexibility index (Phi) is 3.56. The van der Waals surface area contributed by atoms with Gasteiger partial charge in [-0.25, -0.2) is 0 Å². The van der Waals surface area contributed by atoms with Crippen LogP contribution in [0.1, 0.15) is 22.7 Å². The smallest absolute Gasteiger partial charge is 0.201 e. The molecule has 0 aromatic heterocycles. The zero-order valence-corrected chi connectivity index (χ0v) is 14.5. The minimum absolute atomic E-state index is 0.0570. The third-order valence-corrected chi connectivity index (χ3v) is 5.30. The number of quaternary nitrogens is 1. The van der Waals surface area contributed by atoms with Crippen LogP contribution in [-0.2, 0) is 12.8 Å². The number of likely N-dealkylation sites (N-methyl/N-ethyl adjacent to an activating group) is 1. The second-order valence-electron chi connectivity index (χ2n) is 6.74. The molecule has 2 heterocycles. The monoisotopic (exact) mass is 343 g/mol. The van der Waals surface area contributed by atoms with Crippen molar-refractivity contribution in [2.24, 2.45) is 0 Å². The van der Waals surface area contributed by atoms with Gasteiger partial charge in [0.2, 0.25) is 5.75 Å². The number of rotatable bonds is 2. The largest absolute Gasteiger partial charge is 0.633 e. The van der Waals surface area contributed by atoms with Crippen LogP contribution in [0, 0.1) is 5.21 Å². The minimum atomic E-state index is -0.372. The molecule has 0 aliphatic carbocycles. The number of nitrogens with zero attached hydrogens (tertiary/aromatic N) is 1. The van der Waals surface area contributed by atoms with Gasteiger partial charge < -0.3 is 29.2 Å². The number of ether oxygens (including phenoxy) is 3. The highest BCUT2D eigenvalue weighted by Crippen LogP contribution is 2.53. The molecule has 2 aromatic carbocycles. The van der Waals surface area contributed by atoms with E-state index < -0.39 is 0 Å². The van der Waals surface area contributed by atoms with Gasteiger partial charge in [0.05, 0.1) is 33.4 Å². The lowest BCUT2D eigenvalue weighted by atomic mass is 9.88. The number of aromatic hydroxyl groups is 1. The van der Waals surface area contributed by atoms with Gasteiger partial charge in [0.25, 0.3) is 0 Å². The molecule has 6 heteroatoms. The van der Waals surface area contributed by atoms with E-state index in [0.717, 1.165) is 16.7 Å². The fraction of sp³-hybridized carbons (Fsp3) is 0.368. The highest BCUT2D eigenvalue weighted by atomic mass is 16.5. The first-order valence-electron chi connectivity index (χ1n) is 8.29. The van der Waals surface area contributed by atoms with Crippen LogP contribution >= 0.6 is 0 Å². The summed E-state index contributed by atoms with van der Waals surface area (Å²) < 4.78 is 16.4. The average molecular weight is 343 g/mol. The fourth-order valence-electron chi connectivity index (χ4n) is 3.88. The Morgan fingerprint density at radius 3 is 2.48 bits per heavy atom. The molecule has 0 fully saturated rings. The third-order valence-electron chi connectivity index (χ3n) is 5.30. The van der Waals surface area contributed by atoms with E-state index in [0.29, 0.717) is 42.4 Å². The number of hydrogen-bond acceptors (Lipinski definition) is 5. The van der Waals surface area contributed by atoms with Crippen LogP contribution < -0.4 is 14.2 Å². The van der Waals surface area contributed by atoms with Crippen LogP contribution in [0.5, 0.6) is 28.7 Å². The lowest BCUT2D eigenvalue weighted by molar-refractivity contribution is -0.894. The van der Waals surface area contributed by atoms with E-state index in [1.54, 1.807) is 20.2 Å². The molecule has 132 valence electrons. The Morgan fingerprint density at radius 1 is 1.08 bits per heavy atom. The zero-order chi connectivity index (χ0) is 17.8. The lowest BCUT2D eigenvalue weighted by Crippen LogP contribution is -2.47. The minimum Gasteiger partial charge on any atom is -0.633 e. The van der Waals surface area contributed by atoms with Crippen molar-refractivity contribution < 1.29 is 24.0 Å². The van der Waals surface area contributed by atoms with E-state index in [1.165, 1.54) is 7.11 Å². The molecule has 0 saturated heterocycles.